The molecule has 7 nitrogen and oxygen atoms in total. The van der Waals surface area contributed by atoms with E-state index in [-0.39, 0.29) is 4.90 Å². The molecule has 1 aromatic carbocycles. The normalized spacial score (nSPS) is 12.0. The number of benzene rings is 1. The topological polar surface area (TPSA) is 79.9 Å². The zero-order valence-electron chi connectivity index (χ0n) is 17.8. The lowest BCUT2D eigenvalue weighted by Gasteiger charge is -2.17. The lowest BCUT2D eigenvalue weighted by atomic mass is 10.1. The molecule has 0 spiro atoms. The van der Waals surface area contributed by atoms with Crippen LogP contribution < -0.4 is 0 Å². The van der Waals surface area contributed by atoms with E-state index in [1.54, 1.807) is 32.4 Å². The standard InChI is InChI=1S/C23H23N5O2S/c1-16-10-17(2)23(18(3)11-16)31(29,30)27(4)26-14-21-13-25-22-8-7-20(15-28(21)22)19-6-5-9-24-12-19/h5-15H,1-4H3. The minimum absolute atomic E-state index is 0.287. The van der Waals surface area contributed by atoms with E-state index in [1.807, 2.05) is 53.9 Å². The fourth-order valence-electron chi connectivity index (χ4n) is 3.71. The van der Waals surface area contributed by atoms with Crippen molar-refractivity contribution in [3.63, 3.8) is 0 Å². The van der Waals surface area contributed by atoms with Gasteiger partial charge >= 0.3 is 0 Å². The molecule has 0 radical (unpaired) electrons. The molecule has 31 heavy (non-hydrogen) atoms. The molecule has 0 aliphatic carbocycles. The molecule has 8 heteroatoms. The molecule has 0 unspecified atom stereocenters. The van der Waals surface area contributed by atoms with E-state index in [9.17, 15) is 8.42 Å². The Hall–Kier alpha value is -3.52. The molecule has 0 atom stereocenters. The smallest absolute Gasteiger partial charge is 0.279 e. The summed E-state index contributed by atoms with van der Waals surface area (Å²) >= 11 is 0. The first-order valence-electron chi connectivity index (χ1n) is 9.75. The molecule has 0 aliphatic heterocycles. The van der Waals surface area contributed by atoms with Gasteiger partial charge in [-0.3, -0.25) is 9.38 Å². The summed E-state index contributed by atoms with van der Waals surface area (Å²) < 4.78 is 29.1. The fraction of sp³-hybridized carbons (Fsp3) is 0.174. The number of aromatic nitrogens is 3. The molecular formula is C23H23N5O2S. The molecule has 4 aromatic rings. The van der Waals surface area contributed by atoms with E-state index in [0.29, 0.717) is 16.8 Å². The van der Waals surface area contributed by atoms with E-state index in [4.69, 9.17) is 0 Å². The first-order chi connectivity index (χ1) is 14.8. The van der Waals surface area contributed by atoms with Crippen molar-refractivity contribution in [2.45, 2.75) is 25.7 Å². The van der Waals surface area contributed by atoms with Crippen molar-refractivity contribution in [2.75, 3.05) is 7.05 Å². The Balaban J connectivity index is 1.68. The molecule has 3 aromatic heterocycles. The lowest BCUT2D eigenvalue weighted by molar-refractivity contribution is 0.489. The van der Waals surface area contributed by atoms with Crippen LogP contribution in [-0.2, 0) is 10.0 Å². The predicted octanol–water partition coefficient (Wildman–Crippen LogP) is 3.98. The van der Waals surface area contributed by atoms with Crippen LogP contribution in [-0.4, -0.2) is 40.5 Å². The van der Waals surface area contributed by atoms with Gasteiger partial charge in [-0.15, -0.1) is 0 Å². The summed E-state index contributed by atoms with van der Waals surface area (Å²) in [5.74, 6) is 0. The number of nitrogens with zero attached hydrogens (tertiary/aromatic N) is 5. The Morgan fingerprint density at radius 1 is 1.03 bits per heavy atom. The van der Waals surface area contributed by atoms with Crippen molar-refractivity contribution >= 4 is 21.9 Å². The summed E-state index contributed by atoms with van der Waals surface area (Å²) in [6.45, 7) is 5.55. The number of hydrogen-bond acceptors (Lipinski definition) is 5. The summed E-state index contributed by atoms with van der Waals surface area (Å²) in [4.78, 5) is 8.83. The number of hydrazone groups is 1. The molecule has 4 rings (SSSR count). The third kappa shape index (κ3) is 3.94. The van der Waals surface area contributed by atoms with Crippen LogP contribution in [0, 0.1) is 20.8 Å². The molecule has 0 bridgehead atoms. The van der Waals surface area contributed by atoms with Crippen LogP contribution in [0.4, 0.5) is 0 Å². The Morgan fingerprint density at radius 3 is 2.45 bits per heavy atom. The van der Waals surface area contributed by atoms with Crippen LogP contribution in [0.5, 0.6) is 0 Å². The third-order valence-electron chi connectivity index (χ3n) is 5.09. The number of fused-ring (bicyclic) bond motifs is 1. The number of aryl methyl sites for hydroxylation is 3. The Kier molecular flexibility index (Phi) is 5.32. The number of hydrogen-bond donors (Lipinski definition) is 0. The highest BCUT2D eigenvalue weighted by Gasteiger charge is 2.24. The quantitative estimate of drug-likeness (QED) is 0.352. The largest absolute Gasteiger partial charge is 0.298 e. The molecule has 0 saturated heterocycles. The summed E-state index contributed by atoms with van der Waals surface area (Å²) in [5.41, 5.74) is 5.79. The lowest BCUT2D eigenvalue weighted by Crippen LogP contribution is -2.23. The summed E-state index contributed by atoms with van der Waals surface area (Å²) in [6, 6.07) is 11.5. The van der Waals surface area contributed by atoms with Gasteiger partial charge in [0.05, 0.1) is 23.0 Å². The monoisotopic (exact) mass is 433 g/mol. The third-order valence-corrected chi connectivity index (χ3v) is 7.04. The van der Waals surface area contributed by atoms with E-state index in [1.165, 1.54) is 13.3 Å². The number of pyridine rings is 2. The predicted molar refractivity (Wildman–Crippen MR) is 122 cm³/mol. The maximum atomic E-state index is 13.1. The van der Waals surface area contributed by atoms with Gasteiger partial charge in [0.2, 0.25) is 0 Å². The summed E-state index contributed by atoms with van der Waals surface area (Å²) in [5, 5.41) is 4.22. The van der Waals surface area contributed by atoms with E-state index in [2.05, 4.69) is 15.1 Å². The van der Waals surface area contributed by atoms with Gasteiger partial charge in [-0.25, -0.2) is 4.98 Å². The molecule has 0 fully saturated rings. The Labute approximate surface area is 181 Å². The van der Waals surface area contributed by atoms with Gasteiger partial charge in [0.25, 0.3) is 10.0 Å². The van der Waals surface area contributed by atoms with Crippen molar-refractivity contribution in [2.24, 2.45) is 5.10 Å². The Bertz CT molecular complexity index is 1370. The van der Waals surface area contributed by atoms with E-state index < -0.39 is 10.0 Å². The van der Waals surface area contributed by atoms with Crippen LogP contribution in [0.2, 0.25) is 0 Å². The van der Waals surface area contributed by atoms with Crippen LogP contribution in [0.1, 0.15) is 22.4 Å². The van der Waals surface area contributed by atoms with Crippen molar-refractivity contribution < 1.29 is 8.42 Å². The maximum absolute atomic E-state index is 13.1. The zero-order valence-corrected chi connectivity index (χ0v) is 18.6. The van der Waals surface area contributed by atoms with Gasteiger partial charge in [-0.2, -0.15) is 17.9 Å². The number of rotatable bonds is 5. The van der Waals surface area contributed by atoms with E-state index >= 15 is 0 Å². The zero-order chi connectivity index (χ0) is 22.2. The highest BCUT2D eigenvalue weighted by Crippen LogP contribution is 2.25. The molecule has 0 saturated carbocycles. The van der Waals surface area contributed by atoms with Crippen molar-refractivity contribution in [1.29, 1.82) is 0 Å². The van der Waals surface area contributed by atoms with Crippen molar-refractivity contribution in [3.8, 4) is 11.1 Å². The van der Waals surface area contributed by atoms with Gasteiger partial charge in [0.1, 0.15) is 5.65 Å². The van der Waals surface area contributed by atoms with Crippen molar-refractivity contribution in [1.82, 2.24) is 18.8 Å². The van der Waals surface area contributed by atoms with Crippen LogP contribution >= 0.6 is 0 Å². The highest BCUT2D eigenvalue weighted by atomic mass is 32.2. The average molecular weight is 434 g/mol. The minimum atomic E-state index is -3.78. The van der Waals surface area contributed by atoms with Gasteiger partial charge in [-0.1, -0.05) is 23.8 Å². The molecular weight excluding hydrogens is 410 g/mol. The van der Waals surface area contributed by atoms with Crippen molar-refractivity contribution in [3.05, 3.63) is 83.6 Å². The van der Waals surface area contributed by atoms with Gasteiger partial charge in [0, 0.05) is 36.8 Å². The molecule has 0 amide bonds. The summed E-state index contributed by atoms with van der Waals surface area (Å²) in [6.07, 6.45) is 8.62. The highest BCUT2D eigenvalue weighted by molar-refractivity contribution is 7.89. The number of sulfonamides is 1. The summed E-state index contributed by atoms with van der Waals surface area (Å²) in [7, 11) is -2.34. The van der Waals surface area contributed by atoms with Crippen LogP contribution in [0.3, 0.4) is 0 Å². The van der Waals surface area contributed by atoms with E-state index in [0.717, 1.165) is 26.8 Å². The first-order valence-corrected chi connectivity index (χ1v) is 11.2. The Morgan fingerprint density at radius 2 is 1.77 bits per heavy atom. The van der Waals surface area contributed by atoms with Crippen LogP contribution in [0.15, 0.2) is 71.2 Å². The maximum Gasteiger partial charge on any atom is 0.279 e. The molecule has 3 heterocycles. The minimum Gasteiger partial charge on any atom is -0.298 e. The second-order valence-corrected chi connectivity index (χ2v) is 9.37. The second-order valence-electron chi connectivity index (χ2n) is 7.48. The first kappa shape index (κ1) is 20.7. The molecule has 0 N–H and O–H groups in total. The van der Waals surface area contributed by atoms with Crippen LogP contribution in [0.25, 0.3) is 16.8 Å². The SMILES string of the molecule is Cc1cc(C)c(S(=O)(=O)N(C)N=Cc2cnc3ccc(-c4cccnc4)cn23)c(C)c1. The molecule has 0 aliphatic rings. The van der Waals surface area contributed by atoms with Gasteiger partial charge in [-0.05, 0) is 50.1 Å². The second kappa shape index (κ2) is 7.96. The van der Waals surface area contributed by atoms with Gasteiger partial charge < -0.3 is 0 Å². The number of imidazole rings is 1. The fourth-order valence-corrected chi connectivity index (χ4v) is 5.07. The van der Waals surface area contributed by atoms with Gasteiger partial charge in [0.15, 0.2) is 0 Å². The average Bonchev–Trinajstić information content (AvgIpc) is 3.13. The molecule has 158 valence electrons.